The van der Waals surface area contributed by atoms with Crippen molar-refractivity contribution in [3.05, 3.63) is 59.2 Å². The van der Waals surface area contributed by atoms with Gasteiger partial charge in [-0.15, -0.1) is 0 Å². The van der Waals surface area contributed by atoms with E-state index in [2.05, 4.69) is 0 Å². The summed E-state index contributed by atoms with van der Waals surface area (Å²) in [6.07, 6.45) is 1.57. The predicted molar refractivity (Wildman–Crippen MR) is 109 cm³/mol. The Morgan fingerprint density at radius 3 is 2.66 bits per heavy atom. The molecule has 0 saturated carbocycles. The van der Waals surface area contributed by atoms with E-state index in [9.17, 15) is 14.4 Å². The van der Waals surface area contributed by atoms with Gasteiger partial charge in [0.15, 0.2) is 13.2 Å². The molecule has 0 spiro atoms. The number of aryl methyl sites for hydroxylation is 2. The minimum absolute atomic E-state index is 0.00297. The number of ketones is 1. The number of carbonyl (C=O) groups is 3. The van der Waals surface area contributed by atoms with Crippen molar-refractivity contribution in [2.75, 3.05) is 24.7 Å². The molecule has 0 radical (unpaired) electrons. The maximum Gasteiger partial charge on any atom is 0.308 e. The van der Waals surface area contributed by atoms with Crippen LogP contribution in [0.5, 0.6) is 5.75 Å². The Hall–Kier alpha value is -3.15. The molecular weight excluding hydrogens is 370 g/mol. The first kappa shape index (κ1) is 20.6. The normalized spacial score (nSPS) is 12.9. The Balaban J connectivity index is 1.57. The van der Waals surface area contributed by atoms with Gasteiger partial charge in [0.05, 0.1) is 12.1 Å². The average molecular weight is 395 g/mol. The molecule has 152 valence electrons. The highest BCUT2D eigenvalue weighted by atomic mass is 16.5. The van der Waals surface area contributed by atoms with Crippen molar-refractivity contribution in [2.24, 2.45) is 0 Å². The lowest BCUT2D eigenvalue weighted by molar-refractivity contribution is -0.142. The number of hydrogen-bond donors (Lipinski definition) is 0. The quantitative estimate of drug-likeness (QED) is 0.506. The molecule has 1 heterocycles. The zero-order valence-electron chi connectivity index (χ0n) is 16.8. The number of rotatable bonds is 8. The highest BCUT2D eigenvalue weighted by Crippen LogP contribution is 2.31. The Kier molecular flexibility index (Phi) is 6.65. The highest BCUT2D eigenvalue weighted by molar-refractivity contribution is 6.00. The summed E-state index contributed by atoms with van der Waals surface area (Å²) in [5.74, 6) is -0.326. The summed E-state index contributed by atoms with van der Waals surface area (Å²) in [4.78, 5) is 38.4. The number of amides is 1. The fraction of sp³-hybridized carbons (Fsp3) is 0.348. The summed E-state index contributed by atoms with van der Waals surface area (Å²) in [5, 5.41) is 0. The van der Waals surface area contributed by atoms with Crippen LogP contribution in [0.2, 0.25) is 0 Å². The van der Waals surface area contributed by atoms with Crippen LogP contribution < -0.4 is 9.64 Å². The van der Waals surface area contributed by atoms with Crippen LogP contribution in [0.1, 0.15) is 41.8 Å². The lowest BCUT2D eigenvalue weighted by Crippen LogP contribution is -2.40. The Morgan fingerprint density at radius 1 is 1.10 bits per heavy atom. The van der Waals surface area contributed by atoms with Gasteiger partial charge < -0.3 is 14.4 Å². The second kappa shape index (κ2) is 9.37. The fourth-order valence-electron chi connectivity index (χ4n) is 3.31. The number of benzene rings is 2. The molecule has 6 nitrogen and oxygen atoms in total. The van der Waals surface area contributed by atoms with Crippen LogP contribution >= 0.6 is 0 Å². The minimum Gasteiger partial charge on any atom is -0.482 e. The van der Waals surface area contributed by atoms with E-state index in [-0.39, 0.29) is 37.9 Å². The molecule has 0 N–H and O–H groups in total. The number of hydrogen-bond acceptors (Lipinski definition) is 5. The summed E-state index contributed by atoms with van der Waals surface area (Å²) in [6, 6.07) is 13.0. The molecule has 1 aliphatic heterocycles. The summed E-state index contributed by atoms with van der Waals surface area (Å²) >= 11 is 0. The first-order chi connectivity index (χ1) is 14.0. The van der Waals surface area contributed by atoms with Gasteiger partial charge in [0, 0.05) is 12.1 Å². The van der Waals surface area contributed by atoms with Crippen LogP contribution in [0.25, 0.3) is 0 Å². The molecule has 2 aromatic carbocycles. The van der Waals surface area contributed by atoms with Gasteiger partial charge in [0.1, 0.15) is 5.75 Å². The molecule has 6 heteroatoms. The largest absolute Gasteiger partial charge is 0.482 e. The van der Waals surface area contributed by atoms with E-state index >= 15 is 0 Å². The van der Waals surface area contributed by atoms with Crippen LogP contribution in [-0.2, 0) is 27.2 Å². The van der Waals surface area contributed by atoms with Gasteiger partial charge in [0.2, 0.25) is 5.78 Å². The van der Waals surface area contributed by atoms with E-state index in [0.717, 1.165) is 24.0 Å². The van der Waals surface area contributed by atoms with Crippen molar-refractivity contribution in [1.29, 1.82) is 0 Å². The van der Waals surface area contributed by atoms with Gasteiger partial charge in [0.25, 0.3) is 5.91 Å². The second-order valence-electron chi connectivity index (χ2n) is 6.83. The van der Waals surface area contributed by atoms with Crippen LogP contribution in [0.3, 0.4) is 0 Å². The molecule has 1 aliphatic rings. The summed E-state index contributed by atoms with van der Waals surface area (Å²) in [5.41, 5.74) is 3.26. The number of anilines is 1. The van der Waals surface area contributed by atoms with Gasteiger partial charge >= 0.3 is 5.97 Å². The van der Waals surface area contributed by atoms with E-state index in [4.69, 9.17) is 9.47 Å². The molecule has 0 atom stereocenters. The maximum absolute atomic E-state index is 12.6. The molecular formula is C23H25NO5. The van der Waals surface area contributed by atoms with E-state index in [0.29, 0.717) is 17.0 Å². The number of para-hydroxylation sites is 2. The molecule has 0 aliphatic carbocycles. The number of Topliss-reactive ketones (excluding diaryl/α,β-unsaturated/α-hetero) is 1. The van der Waals surface area contributed by atoms with Gasteiger partial charge in [-0.3, -0.25) is 14.4 Å². The van der Waals surface area contributed by atoms with Crippen molar-refractivity contribution >= 4 is 23.3 Å². The third-order valence-electron chi connectivity index (χ3n) is 4.98. The van der Waals surface area contributed by atoms with Crippen LogP contribution in [0.4, 0.5) is 5.69 Å². The van der Waals surface area contributed by atoms with Gasteiger partial charge in [-0.25, -0.2) is 0 Å². The van der Waals surface area contributed by atoms with Crippen molar-refractivity contribution in [3.63, 3.8) is 0 Å². The molecule has 0 aromatic heterocycles. The Morgan fingerprint density at radius 2 is 1.90 bits per heavy atom. The molecule has 0 saturated heterocycles. The van der Waals surface area contributed by atoms with Gasteiger partial charge in [-0.1, -0.05) is 38.1 Å². The maximum atomic E-state index is 12.6. The van der Waals surface area contributed by atoms with Crippen molar-refractivity contribution < 1.29 is 23.9 Å². The van der Waals surface area contributed by atoms with E-state index < -0.39 is 5.97 Å². The van der Waals surface area contributed by atoms with Crippen LogP contribution in [0.15, 0.2) is 42.5 Å². The van der Waals surface area contributed by atoms with Gasteiger partial charge in [-0.05, 0) is 42.2 Å². The summed E-state index contributed by atoms with van der Waals surface area (Å²) in [6.45, 7) is 3.84. The number of esters is 1. The lowest BCUT2D eigenvalue weighted by Gasteiger charge is -2.28. The SMILES string of the molecule is CCc1ccc(CC)c(C(=O)COC(=O)CCN2C(=O)COc3ccccc32)c1. The Bertz CT molecular complexity index is 921. The summed E-state index contributed by atoms with van der Waals surface area (Å²) < 4.78 is 10.6. The van der Waals surface area contributed by atoms with Crippen molar-refractivity contribution in [1.82, 2.24) is 0 Å². The van der Waals surface area contributed by atoms with Crippen LogP contribution in [0, 0.1) is 0 Å². The number of carbonyl (C=O) groups excluding carboxylic acids is 3. The predicted octanol–water partition coefficient (Wildman–Crippen LogP) is 3.35. The number of fused-ring (bicyclic) bond motifs is 1. The zero-order valence-corrected chi connectivity index (χ0v) is 16.8. The fourth-order valence-corrected chi connectivity index (χ4v) is 3.31. The third-order valence-corrected chi connectivity index (χ3v) is 4.98. The summed E-state index contributed by atoms with van der Waals surface area (Å²) in [7, 11) is 0. The molecule has 0 bridgehead atoms. The van der Waals surface area contributed by atoms with Crippen LogP contribution in [-0.4, -0.2) is 37.4 Å². The molecule has 29 heavy (non-hydrogen) atoms. The third kappa shape index (κ3) is 4.83. The molecule has 1 amide bonds. The highest BCUT2D eigenvalue weighted by Gasteiger charge is 2.25. The second-order valence-corrected chi connectivity index (χ2v) is 6.83. The van der Waals surface area contributed by atoms with E-state index in [1.807, 2.05) is 38.1 Å². The molecule has 2 aromatic rings. The Labute approximate surface area is 170 Å². The first-order valence-electron chi connectivity index (χ1n) is 9.86. The standard InChI is InChI=1S/C23H25NO5/c1-3-16-9-10-17(4-2)18(13-16)20(25)14-29-23(27)11-12-24-19-7-5-6-8-21(19)28-15-22(24)26/h5-10,13H,3-4,11-12,14-15H2,1-2H3. The lowest BCUT2D eigenvalue weighted by atomic mass is 9.98. The minimum atomic E-state index is -0.514. The van der Waals surface area contributed by atoms with E-state index in [1.165, 1.54) is 4.90 Å². The van der Waals surface area contributed by atoms with Crippen molar-refractivity contribution in [3.8, 4) is 5.75 Å². The first-order valence-corrected chi connectivity index (χ1v) is 9.86. The van der Waals surface area contributed by atoms with E-state index in [1.54, 1.807) is 18.2 Å². The smallest absolute Gasteiger partial charge is 0.308 e. The molecule has 3 rings (SSSR count). The van der Waals surface area contributed by atoms with Gasteiger partial charge in [-0.2, -0.15) is 0 Å². The monoisotopic (exact) mass is 395 g/mol. The zero-order chi connectivity index (χ0) is 20.8. The topological polar surface area (TPSA) is 72.9 Å². The average Bonchev–Trinajstić information content (AvgIpc) is 2.76. The number of nitrogens with zero attached hydrogens (tertiary/aromatic N) is 1. The van der Waals surface area contributed by atoms with Crippen molar-refractivity contribution in [2.45, 2.75) is 33.1 Å². The molecule has 0 unspecified atom stereocenters. The number of ether oxygens (including phenoxy) is 2. The molecule has 0 fully saturated rings.